The van der Waals surface area contributed by atoms with Crippen LogP contribution >= 0.6 is 0 Å². The van der Waals surface area contributed by atoms with Crippen LogP contribution in [0.3, 0.4) is 0 Å². The Morgan fingerprint density at radius 1 is 0.393 bits per heavy atom. The second kappa shape index (κ2) is 52.5. The van der Waals surface area contributed by atoms with Crippen molar-refractivity contribution in [1.82, 2.24) is 5.32 Å². The molecule has 89 heavy (non-hydrogen) atoms. The minimum atomic E-state index is -1.98. The van der Waals surface area contributed by atoms with Crippen molar-refractivity contribution in [3.8, 4) is 0 Å². The van der Waals surface area contributed by atoms with Crippen LogP contribution in [0.1, 0.15) is 284 Å². The number of rotatable bonds is 56. The summed E-state index contributed by atoms with van der Waals surface area (Å²) in [4.78, 5) is 13.4. The van der Waals surface area contributed by atoms with Crippen LogP contribution in [-0.2, 0) is 33.2 Å². The van der Waals surface area contributed by atoms with Crippen molar-refractivity contribution in [2.24, 2.45) is 0 Å². The van der Waals surface area contributed by atoms with Crippen LogP contribution in [0.4, 0.5) is 0 Å². The molecule has 19 nitrogen and oxygen atoms in total. The molecule has 3 aliphatic heterocycles. The van der Waals surface area contributed by atoms with Crippen molar-refractivity contribution >= 4 is 5.91 Å². The number of aliphatic hydroxyl groups is 11. The zero-order valence-corrected chi connectivity index (χ0v) is 55.4. The SMILES string of the molecule is CCCCCCCCCCCCCCCCCCCCC/C=C/CC/C=C/C(O)C(COC1OC(CO)C(OC2OC(CO)C(OC3OC(CO)C(O)C(O)C3O)C(O)C2O)C(O)C1O)NC(=O)CCCCCCCCCCCCCCCCCCCCC. The largest absolute Gasteiger partial charge is 0.394 e. The molecule has 1 amide bonds. The fourth-order valence-electron chi connectivity index (χ4n) is 12.4. The molecule has 524 valence electrons. The second-order valence-electron chi connectivity index (χ2n) is 26.1. The standard InChI is InChI=1S/C70H131NO18/c1-3-5-7-9-11-13-15-17-19-21-23-24-25-26-27-28-30-31-33-35-37-39-41-43-45-47-54(75)53(71-58(76)48-46-44-42-40-38-36-34-32-29-22-20-18-16-14-12-10-8-6-4-2)52-84-68-64(82)61(79)66(56(50-73)86-68)89-70-65(83)62(80)67(57(51-74)87-70)88-69-63(81)60(78)59(77)55(49-72)85-69/h37,39,45,47,53-57,59-70,72-75,77-83H,3-36,38,40-44,46,48-52H2,1-2H3,(H,71,76)/b39-37+,47-45+. The van der Waals surface area contributed by atoms with Gasteiger partial charge in [0.25, 0.3) is 0 Å². The molecule has 3 rings (SSSR count). The van der Waals surface area contributed by atoms with Crippen molar-refractivity contribution < 1.29 is 89.4 Å². The van der Waals surface area contributed by atoms with E-state index in [4.69, 9.17) is 28.4 Å². The number of hydrogen-bond donors (Lipinski definition) is 12. The average molecular weight is 1270 g/mol. The molecule has 3 heterocycles. The van der Waals surface area contributed by atoms with E-state index < -0.39 is 124 Å². The lowest BCUT2D eigenvalue weighted by atomic mass is 9.96. The number of hydrogen-bond acceptors (Lipinski definition) is 18. The Hall–Kier alpha value is -1.73. The summed E-state index contributed by atoms with van der Waals surface area (Å²) in [5, 5.41) is 121. The zero-order chi connectivity index (χ0) is 64.7. The van der Waals surface area contributed by atoms with Crippen molar-refractivity contribution in [2.75, 3.05) is 26.4 Å². The minimum absolute atomic E-state index is 0.241. The fourth-order valence-corrected chi connectivity index (χ4v) is 12.4. The van der Waals surface area contributed by atoms with Gasteiger partial charge < -0.3 is 89.9 Å². The summed E-state index contributed by atoms with van der Waals surface area (Å²) in [6.07, 6.45) is 33.0. The Bertz CT molecular complexity index is 1710. The Labute approximate surface area is 537 Å². The first kappa shape index (κ1) is 81.5. The Morgan fingerprint density at radius 3 is 1.12 bits per heavy atom. The number of unbranched alkanes of at least 4 members (excludes halogenated alkanes) is 38. The third-order valence-electron chi connectivity index (χ3n) is 18.3. The highest BCUT2D eigenvalue weighted by Crippen LogP contribution is 2.33. The Balaban J connectivity index is 1.44. The van der Waals surface area contributed by atoms with E-state index >= 15 is 0 Å². The first-order valence-electron chi connectivity index (χ1n) is 36.1. The van der Waals surface area contributed by atoms with Crippen LogP contribution in [0.5, 0.6) is 0 Å². The molecular weight excluding hydrogens is 1140 g/mol. The highest BCUT2D eigenvalue weighted by Gasteiger charge is 2.53. The monoisotopic (exact) mass is 1270 g/mol. The van der Waals surface area contributed by atoms with Gasteiger partial charge in [0, 0.05) is 6.42 Å². The summed E-state index contributed by atoms with van der Waals surface area (Å²) in [5.41, 5.74) is 0. The number of ether oxygens (including phenoxy) is 6. The van der Waals surface area contributed by atoms with Crippen molar-refractivity contribution in [1.29, 1.82) is 0 Å². The van der Waals surface area contributed by atoms with Crippen LogP contribution in [0.15, 0.2) is 24.3 Å². The summed E-state index contributed by atoms with van der Waals surface area (Å²) in [7, 11) is 0. The van der Waals surface area contributed by atoms with Gasteiger partial charge in [-0.25, -0.2) is 0 Å². The topological polar surface area (TPSA) is 307 Å². The van der Waals surface area contributed by atoms with Crippen molar-refractivity contribution in [2.45, 2.75) is 388 Å². The number of amides is 1. The van der Waals surface area contributed by atoms with Crippen LogP contribution < -0.4 is 5.32 Å². The van der Waals surface area contributed by atoms with E-state index in [1.165, 1.54) is 212 Å². The molecule has 19 heteroatoms. The molecular formula is C70H131NO18. The van der Waals surface area contributed by atoms with Gasteiger partial charge in [-0.1, -0.05) is 269 Å². The van der Waals surface area contributed by atoms with E-state index in [1.54, 1.807) is 6.08 Å². The van der Waals surface area contributed by atoms with Gasteiger partial charge in [-0.3, -0.25) is 4.79 Å². The number of allylic oxidation sites excluding steroid dienone is 3. The molecule has 0 aliphatic carbocycles. The Morgan fingerprint density at radius 2 is 0.719 bits per heavy atom. The van der Waals surface area contributed by atoms with E-state index in [2.05, 4.69) is 31.3 Å². The third-order valence-corrected chi connectivity index (χ3v) is 18.3. The average Bonchev–Trinajstić information content (AvgIpc) is 1.92. The van der Waals surface area contributed by atoms with Gasteiger partial charge >= 0.3 is 0 Å². The van der Waals surface area contributed by atoms with E-state index in [0.717, 1.165) is 38.5 Å². The summed E-state index contributed by atoms with van der Waals surface area (Å²) < 4.78 is 34.4. The number of carbonyl (C=O) groups excluding carboxylic acids is 1. The molecule has 0 bridgehead atoms. The number of carbonyl (C=O) groups is 1. The van der Waals surface area contributed by atoms with E-state index in [0.29, 0.717) is 12.8 Å². The molecule has 3 saturated heterocycles. The third kappa shape index (κ3) is 34.5. The van der Waals surface area contributed by atoms with Crippen LogP contribution in [0, 0.1) is 0 Å². The first-order chi connectivity index (χ1) is 43.3. The minimum Gasteiger partial charge on any atom is -0.394 e. The first-order valence-corrected chi connectivity index (χ1v) is 36.1. The van der Waals surface area contributed by atoms with Crippen LogP contribution in [0.25, 0.3) is 0 Å². The lowest BCUT2D eigenvalue weighted by molar-refractivity contribution is -0.379. The molecule has 0 saturated carbocycles. The van der Waals surface area contributed by atoms with Gasteiger partial charge in [-0.15, -0.1) is 0 Å². The molecule has 0 spiro atoms. The maximum Gasteiger partial charge on any atom is 0.220 e. The molecule has 17 unspecified atom stereocenters. The predicted octanol–water partition coefficient (Wildman–Crippen LogP) is 9.83. The van der Waals surface area contributed by atoms with Gasteiger partial charge in [0.1, 0.15) is 73.2 Å². The highest BCUT2D eigenvalue weighted by atomic mass is 16.8. The quantitative estimate of drug-likeness (QED) is 0.0199. The molecule has 0 aromatic carbocycles. The fraction of sp³-hybridized carbons (Fsp3) is 0.929. The summed E-state index contributed by atoms with van der Waals surface area (Å²) in [5.74, 6) is -0.280. The van der Waals surface area contributed by atoms with E-state index in [-0.39, 0.29) is 18.9 Å². The maximum atomic E-state index is 13.4. The maximum absolute atomic E-state index is 13.4. The second-order valence-corrected chi connectivity index (χ2v) is 26.1. The predicted molar refractivity (Wildman–Crippen MR) is 346 cm³/mol. The molecule has 0 radical (unpaired) electrons. The van der Waals surface area contributed by atoms with Crippen LogP contribution in [-0.4, -0.2) is 193 Å². The number of nitrogens with one attached hydrogen (secondary N) is 1. The highest BCUT2D eigenvalue weighted by molar-refractivity contribution is 5.76. The molecule has 12 N–H and O–H groups in total. The van der Waals surface area contributed by atoms with Gasteiger partial charge in [-0.2, -0.15) is 0 Å². The number of aliphatic hydroxyl groups excluding tert-OH is 11. The molecule has 0 aromatic heterocycles. The lowest BCUT2D eigenvalue weighted by Crippen LogP contribution is -2.66. The van der Waals surface area contributed by atoms with Crippen molar-refractivity contribution in [3.63, 3.8) is 0 Å². The summed E-state index contributed by atoms with van der Waals surface area (Å²) >= 11 is 0. The normalized spacial score (nSPS) is 28.3. The van der Waals surface area contributed by atoms with Gasteiger partial charge in [-0.05, 0) is 32.1 Å². The van der Waals surface area contributed by atoms with Crippen LogP contribution in [0.2, 0.25) is 0 Å². The summed E-state index contributed by atoms with van der Waals surface area (Å²) in [6.45, 7) is 1.76. The van der Waals surface area contributed by atoms with Gasteiger partial charge in [0.05, 0.1) is 38.6 Å². The molecule has 17 atom stereocenters. The smallest absolute Gasteiger partial charge is 0.220 e. The van der Waals surface area contributed by atoms with E-state index in [1.807, 2.05) is 6.08 Å². The molecule has 3 aliphatic rings. The van der Waals surface area contributed by atoms with Crippen molar-refractivity contribution in [3.05, 3.63) is 24.3 Å². The van der Waals surface area contributed by atoms with E-state index in [9.17, 15) is 61.0 Å². The molecule has 3 fully saturated rings. The lowest BCUT2D eigenvalue weighted by Gasteiger charge is -2.48. The summed E-state index contributed by atoms with van der Waals surface area (Å²) in [6, 6.07) is -0.987. The zero-order valence-electron chi connectivity index (χ0n) is 55.4. The van der Waals surface area contributed by atoms with Gasteiger partial charge in [0.2, 0.25) is 5.91 Å². The molecule has 0 aromatic rings. The van der Waals surface area contributed by atoms with Gasteiger partial charge in [0.15, 0.2) is 18.9 Å². The Kier molecular flexibility index (Phi) is 48.1.